The van der Waals surface area contributed by atoms with Crippen molar-refractivity contribution in [2.75, 3.05) is 12.4 Å². The zero-order valence-corrected chi connectivity index (χ0v) is 15.5. The highest BCUT2D eigenvalue weighted by molar-refractivity contribution is 5.94. The molecule has 1 N–H and O–H groups in total. The molecule has 158 valence electrons. The molecule has 0 aliphatic rings. The molecular weight excluding hydrogens is 399 g/mol. The van der Waals surface area contributed by atoms with Crippen LogP contribution in [0, 0.1) is 0 Å². The molecule has 1 amide bonds. The third-order valence-electron chi connectivity index (χ3n) is 4.01. The van der Waals surface area contributed by atoms with Crippen LogP contribution >= 0.6 is 0 Å². The van der Waals surface area contributed by atoms with Crippen molar-refractivity contribution in [2.45, 2.75) is 32.5 Å². The minimum atomic E-state index is -4.82. The summed E-state index contributed by atoms with van der Waals surface area (Å²) in [6, 6.07) is 10.3. The molecule has 0 saturated heterocycles. The summed E-state index contributed by atoms with van der Waals surface area (Å²) in [4.78, 5) is 13.9. The summed E-state index contributed by atoms with van der Waals surface area (Å²) in [5, 5.41) is 2.61. The van der Waals surface area contributed by atoms with Gasteiger partial charge in [0.1, 0.15) is 11.5 Å². The predicted octanol–water partition coefficient (Wildman–Crippen LogP) is 4.65. The number of hydrogen-bond donors (Lipinski definition) is 1. The first-order valence-corrected chi connectivity index (χ1v) is 8.45. The standard InChI is InChI=1S/C19H19F5N2O3/c1-12(17(27)25-14-7-9-15(10-8-14)28-18(20)21)26(2)11-13-5-3-4-6-16(13)29-19(22,23)24/h3-10,12,18H,11H2,1-2H3,(H,25,27). The summed E-state index contributed by atoms with van der Waals surface area (Å²) in [5.41, 5.74) is 0.623. The predicted molar refractivity (Wildman–Crippen MR) is 95.8 cm³/mol. The Bertz CT molecular complexity index is 812. The number of nitrogens with one attached hydrogen (secondary N) is 1. The molecule has 0 aliphatic carbocycles. The van der Waals surface area contributed by atoms with E-state index in [4.69, 9.17) is 0 Å². The van der Waals surface area contributed by atoms with Crippen molar-refractivity contribution < 1.29 is 36.2 Å². The van der Waals surface area contributed by atoms with Crippen LogP contribution < -0.4 is 14.8 Å². The average Bonchev–Trinajstić information content (AvgIpc) is 2.62. The topological polar surface area (TPSA) is 50.8 Å². The second kappa shape index (κ2) is 9.55. The molecular formula is C19H19F5N2O3. The summed E-state index contributed by atoms with van der Waals surface area (Å²) in [6.07, 6.45) is -4.82. The second-order valence-electron chi connectivity index (χ2n) is 6.14. The van der Waals surface area contributed by atoms with Gasteiger partial charge in [0.2, 0.25) is 5.91 Å². The van der Waals surface area contributed by atoms with E-state index < -0.39 is 24.9 Å². The maximum Gasteiger partial charge on any atom is 0.573 e. The van der Waals surface area contributed by atoms with Crippen LogP contribution in [0.15, 0.2) is 48.5 Å². The number of ether oxygens (including phenoxy) is 2. The molecule has 0 aromatic heterocycles. The number of carbonyl (C=O) groups excluding carboxylic acids is 1. The summed E-state index contributed by atoms with van der Waals surface area (Å²) in [6.45, 7) is -1.34. The van der Waals surface area contributed by atoms with Gasteiger partial charge in [0.15, 0.2) is 0 Å². The number of rotatable bonds is 8. The van der Waals surface area contributed by atoms with Gasteiger partial charge in [-0.1, -0.05) is 18.2 Å². The number of para-hydroxylation sites is 1. The van der Waals surface area contributed by atoms with E-state index in [1.54, 1.807) is 24.9 Å². The fourth-order valence-corrected chi connectivity index (χ4v) is 2.43. The van der Waals surface area contributed by atoms with Crippen molar-refractivity contribution in [3.8, 4) is 11.5 Å². The number of likely N-dealkylation sites (N-methyl/N-ethyl adjacent to an activating group) is 1. The minimum absolute atomic E-state index is 0.0298. The van der Waals surface area contributed by atoms with Crippen LogP contribution in [0.25, 0.3) is 0 Å². The monoisotopic (exact) mass is 418 g/mol. The molecule has 5 nitrogen and oxygen atoms in total. The Morgan fingerprint density at radius 3 is 2.31 bits per heavy atom. The zero-order valence-electron chi connectivity index (χ0n) is 15.5. The normalized spacial score (nSPS) is 12.7. The third kappa shape index (κ3) is 7.22. The number of benzene rings is 2. The van der Waals surface area contributed by atoms with Crippen LogP contribution in [0.2, 0.25) is 0 Å². The molecule has 0 bridgehead atoms. The van der Waals surface area contributed by atoms with Gasteiger partial charge in [-0.3, -0.25) is 9.69 Å². The van der Waals surface area contributed by atoms with Crippen molar-refractivity contribution in [1.29, 1.82) is 0 Å². The summed E-state index contributed by atoms with van der Waals surface area (Å²) < 4.78 is 70.2. The maximum atomic E-state index is 12.5. The third-order valence-corrected chi connectivity index (χ3v) is 4.01. The van der Waals surface area contributed by atoms with E-state index in [1.165, 1.54) is 42.5 Å². The van der Waals surface area contributed by atoms with Gasteiger partial charge in [-0.05, 0) is 44.3 Å². The maximum absolute atomic E-state index is 12.5. The lowest BCUT2D eigenvalue weighted by Gasteiger charge is -2.25. The summed E-state index contributed by atoms with van der Waals surface area (Å²) >= 11 is 0. The molecule has 2 aromatic carbocycles. The first-order chi connectivity index (χ1) is 13.5. The van der Waals surface area contributed by atoms with Gasteiger partial charge in [-0.2, -0.15) is 8.78 Å². The van der Waals surface area contributed by atoms with Crippen LogP contribution in [0.3, 0.4) is 0 Å². The largest absolute Gasteiger partial charge is 0.573 e. The number of carbonyl (C=O) groups is 1. The number of halogens is 5. The molecule has 2 aromatic rings. The molecule has 2 rings (SSSR count). The number of amides is 1. The molecule has 0 heterocycles. The van der Waals surface area contributed by atoms with Crippen molar-refractivity contribution in [3.05, 3.63) is 54.1 Å². The van der Waals surface area contributed by atoms with E-state index in [1.807, 2.05) is 0 Å². The Kier molecular flexibility index (Phi) is 7.38. The van der Waals surface area contributed by atoms with Crippen molar-refractivity contribution in [1.82, 2.24) is 4.90 Å². The van der Waals surface area contributed by atoms with Gasteiger partial charge in [-0.15, -0.1) is 13.2 Å². The van der Waals surface area contributed by atoms with Crippen molar-refractivity contribution in [2.24, 2.45) is 0 Å². The molecule has 0 radical (unpaired) electrons. The van der Waals surface area contributed by atoms with Crippen molar-refractivity contribution in [3.63, 3.8) is 0 Å². The van der Waals surface area contributed by atoms with E-state index in [0.717, 1.165) is 0 Å². The number of nitrogens with zero attached hydrogens (tertiary/aromatic N) is 1. The molecule has 1 atom stereocenters. The van der Waals surface area contributed by atoms with E-state index in [2.05, 4.69) is 14.8 Å². The average molecular weight is 418 g/mol. The van der Waals surface area contributed by atoms with E-state index in [9.17, 15) is 26.7 Å². The Morgan fingerprint density at radius 1 is 1.10 bits per heavy atom. The lowest BCUT2D eigenvalue weighted by molar-refractivity contribution is -0.275. The highest BCUT2D eigenvalue weighted by atomic mass is 19.4. The Hall–Kier alpha value is -2.88. The van der Waals surface area contributed by atoms with Gasteiger partial charge in [0.05, 0.1) is 6.04 Å². The van der Waals surface area contributed by atoms with Crippen LogP contribution in [-0.2, 0) is 11.3 Å². The van der Waals surface area contributed by atoms with E-state index >= 15 is 0 Å². The first-order valence-electron chi connectivity index (χ1n) is 8.45. The molecule has 0 spiro atoms. The second-order valence-corrected chi connectivity index (χ2v) is 6.14. The van der Waals surface area contributed by atoms with Gasteiger partial charge < -0.3 is 14.8 Å². The number of anilines is 1. The van der Waals surface area contributed by atoms with Crippen LogP contribution in [0.4, 0.5) is 27.6 Å². The van der Waals surface area contributed by atoms with Crippen LogP contribution in [0.5, 0.6) is 11.5 Å². The van der Waals surface area contributed by atoms with Gasteiger partial charge in [0.25, 0.3) is 0 Å². The molecule has 1 unspecified atom stereocenters. The highest BCUT2D eigenvalue weighted by Gasteiger charge is 2.32. The Balaban J connectivity index is 1.99. The summed E-state index contributed by atoms with van der Waals surface area (Å²) in [7, 11) is 1.58. The zero-order chi connectivity index (χ0) is 21.6. The van der Waals surface area contributed by atoms with Gasteiger partial charge in [0, 0.05) is 17.8 Å². The molecule has 0 saturated carbocycles. The SMILES string of the molecule is CC(C(=O)Nc1ccc(OC(F)F)cc1)N(C)Cc1ccccc1OC(F)(F)F. The fraction of sp³-hybridized carbons (Fsp3) is 0.316. The fourth-order valence-electron chi connectivity index (χ4n) is 2.43. The molecule has 0 aliphatic heterocycles. The molecule has 0 fully saturated rings. The highest BCUT2D eigenvalue weighted by Crippen LogP contribution is 2.27. The smallest absolute Gasteiger partial charge is 0.435 e. The molecule has 29 heavy (non-hydrogen) atoms. The van der Waals surface area contributed by atoms with E-state index in [-0.39, 0.29) is 23.6 Å². The quantitative estimate of drug-likeness (QED) is 0.635. The number of hydrogen-bond acceptors (Lipinski definition) is 4. The van der Waals surface area contributed by atoms with Crippen molar-refractivity contribution >= 4 is 11.6 Å². The summed E-state index contributed by atoms with van der Waals surface area (Å²) in [5.74, 6) is -0.817. The Labute approximate surface area is 164 Å². The van der Waals surface area contributed by atoms with Crippen LogP contribution in [-0.4, -0.2) is 36.9 Å². The Morgan fingerprint density at radius 2 is 1.72 bits per heavy atom. The van der Waals surface area contributed by atoms with E-state index in [0.29, 0.717) is 5.69 Å². The van der Waals surface area contributed by atoms with Gasteiger partial charge in [-0.25, -0.2) is 0 Å². The minimum Gasteiger partial charge on any atom is -0.435 e. The first kappa shape index (κ1) is 22.4. The van der Waals surface area contributed by atoms with Gasteiger partial charge >= 0.3 is 13.0 Å². The lowest BCUT2D eigenvalue weighted by Crippen LogP contribution is -2.39. The number of alkyl halides is 5. The lowest BCUT2D eigenvalue weighted by atomic mass is 10.1. The molecule has 10 heteroatoms. The van der Waals surface area contributed by atoms with Crippen LogP contribution in [0.1, 0.15) is 12.5 Å².